The Labute approximate surface area is 133 Å². The molecule has 0 aromatic heterocycles. The van der Waals surface area contributed by atoms with E-state index in [1.54, 1.807) is 0 Å². The van der Waals surface area contributed by atoms with Crippen LogP contribution in [-0.2, 0) is 0 Å². The maximum absolute atomic E-state index is 12.6. The second-order valence-corrected chi connectivity index (χ2v) is 6.09. The molecule has 2 aromatic rings. The van der Waals surface area contributed by atoms with E-state index in [1.807, 2.05) is 47.4 Å². The van der Waals surface area contributed by atoms with Crippen LogP contribution in [0.5, 0.6) is 0 Å². The van der Waals surface area contributed by atoms with Crippen LogP contribution in [-0.4, -0.2) is 30.4 Å². The van der Waals surface area contributed by atoms with Gasteiger partial charge in [-0.3, -0.25) is 4.79 Å². The summed E-state index contributed by atoms with van der Waals surface area (Å²) >= 11 is 3.40. The van der Waals surface area contributed by atoms with Crippen molar-refractivity contribution in [1.82, 2.24) is 10.2 Å². The summed E-state index contributed by atoms with van der Waals surface area (Å²) in [4.78, 5) is 14.5. The maximum Gasteiger partial charge on any atom is 0.253 e. The highest BCUT2D eigenvalue weighted by Crippen LogP contribution is 2.19. The van der Waals surface area contributed by atoms with Crippen LogP contribution in [0.25, 0.3) is 0 Å². The fraction of sp³-hybridized carbons (Fsp3) is 0.235. The summed E-state index contributed by atoms with van der Waals surface area (Å²) in [7, 11) is 0. The molecule has 0 bridgehead atoms. The molecule has 1 fully saturated rings. The normalized spacial score (nSPS) is 18.5. The van der Waals surface area contributed by atoms with Gasteiger partial charge in [-0.15, -0.1) is 0 Å². The first-order chi connectivity index (χ1) is 10.2. The molecule has 108 valence electrons. The fourth-order valence-electron chi connectivity index (χ4n) is 2.62. The fourth-order valence-corrected chi connectivity index (χ4v) is 2.88. The van der Waals surface area contributed by atoms with Gasteiger partial charge in [0.25, 0.3) is 5.91 Å². The molecule has 3 nitrogen and oxygen atoms in total. The molecule has 0 saturated carbocycles. The van der Waals surface area contributed by atoms with Gasteiger partial charge >= 0.3 is 0 Å². The number of rotatable bonds is 2. The molecule has 1 saturated heterocycles. The topological polar surface area (TPSA) is 32.3 Å². The Hall–Kier alpha value is -1.65. The van der Waals surface area contributed by atoms with Crippen LogP contribution < -0.4 is 5.32 Å². The maximum atomic E-state index is 12.6. The Morgan fingerprint density at radius 2 is 1.81 bits per heavy atom. The largest absolute Gasteiger partial charge is 0.335 e. The number of nitrogens with one attached hydrogen (secondary N) is 1. The lowest BCUT2D eigenvalue weighted by atomic mass is 10.0. The van der Waals surface area contributed by atoms with Gasteiger partial charge in [0.05, 0.1) is 0 Å². The summed E-state index contributed by atoms with van der Waals surface area (Å²) in [6.07, 6.45) is 0. The monoisotopic (exact) mass is 344 g/mol. The molecule has 1 atom stereocenters. The van der Waals surface area contributed by atoms with Gasteiger partial charge in [-0.1, -0.05) is 46.3 Å². The van der Waals surface area contributed by atoms with E-state index in [2.05, 4.69) is 33.4 Å². The molecule has 1 unspecified atom stereocenters. The van der Waals surface area contributed by atoms with Gasteiger partial charge in [0, 0.05) is 35.7 Å². The summed E-state index contributed by atoms with van der Waals surface area (Å²) in [5.74, 6) is 0.102. The minimum absolute atomic E-state index is 0.102. The van der Waals surface area contributed by atoms with Crippen molar-refractivity contribution in [2.24, 2.45) is 0 Å². The summed E-state index contributed by atoms with van der Waals surface area (Å²) in [6, 6.07) is 18.0. The minimum atomic E-state index is 0.102. The van der Waals surface area contributed by atoms with Crippen molar-refractivity contribution in [2.45, 2.75) is 6.04 Å². The van der Waals surface area contributed by atoms with Crippen LogP contribution in [0.15, 0.2) is 59.1 Å². The van der Waals surface area contributed by atoms with Crippen molar-refractivity contribution in [1.29, 1.82) is 0 Å². The van der Waals surface area contributed by atoms with E-state index < -0.39 is 0 Å². The summed E-state index contributed by atoms with van der Waals surface area (Å²) in [5.41, 5.74) is 1.97. The molecule has 1 N–H and O–H groups in total. The quantitative estimate of drug-likeness (QED) is 0.906. The van der Waals surface area contributed by atoms with Crippen LogP contribution in [0, 0.1) is 0 Å². The third-order valence-electron chi connectivity index (χ3n) is 3.76. The van der Waals surface area contributed by atoms with Crippen molar-refractivity contribution in [2.75, 3.05) is 19.6 Å². The first-order valence-corrected chi connectivity index (χ1v) is 7.86. The van der Waals surface area contributed by atoms with Crippen molar-refractivity contribution in [3.63, 3.8) is 0 Å². The van der Waals surface area contributed by atoms with E-state index in [4.69, 9.17) is 0 Å². The summed E-state index contributed by atoms with van der Waals surface area (Å²) < 4.78 is 0.988. The Morgan fingerprint density at radius 3 is 2.52 bits per heavy atom. The van der Waals surface area contributed by atoms with E-state index in [-0.39, 0.29) is 11.9 Å². The Kier molecular flexibility index (Phi) is 4.36. The van der Waals surface area contributed by atoms with Gasteiger partial charge in [0.15, 0.2) is 0 Å². The van der Waals surface area contributed by atoms with Crippen LogP contribution >= 0.6 is 15.9 Å². The van der Waals surface area contributed by atoms with Crippen molar-refractivity contribution < 1.29 is 4.79 Å². The molecule has 0 spiro atoms. The number of halogens is 1. The van der Waals surface area contributed by atoms with Gasteiger partial charge < -0.3 is 10.2 Å². The number of carbonyl (C=O) groups excluding carboxylic acids is 1. The smallest absolute Gasteiger partial charge is 0.253 e. The molecule has 0 aliphatic carbocycles. The molecule has 1 aliphatic heterocycles. The van der Waals surface area contributed by atoms with Crippen molar-refractivity contribution in [3.05, 3.63) is 70.2 Å². The zero-order valence-electron chi connectivity index (χ0n) is 11.6. The number of amides is 1. The lowest BCUT2D eigenvalue weighted by Gasteiger charge is -2.34. The zero-order valence-corrected chi connectivity index (χ0v) is 13.2. The highest BCUT2D eigenvalue weighted by Gasteiger charge is 2.24. The lowest BCUT2D eigenvalue weighted by molar-refractivity contribution is 0.0703. The molecule has 21 heavy (non-hydrogen) atoms. The Balaban J connectivity index is 1.74. The molecule has 3 rings (SSSR count). The molecule has 0 radical (unpaired) electrons. The molecule has 1 aliphatic rings. The van der Waals surface area contributed by atoms with Crippen LogP contribution in [0.4, 0.5) is 0 Å². The third-order valence-corrected chi connectivity index (χ3v) is 4.28. The predicted molar refractivity (Wildman–Crippen MR) is 87.2 cm³/mol. The van der Waals surface area contributed by atoms with Gasteiger partial charge in [-0.05, 0) is 29.8 Å². The molecular weight excluding hydrogens is 328 g/mol. The van der Waals surface area contributed by atoms with Gasteiger partial charge in [0.1, 0.15) is 0 Å². The minimum Gasteiger partial charge on any atom is -0.335 e. The van der Waals surface area contributed by atoms with Crippen LogP contribution in [0.2, 0.25) is 0 Å². The third kappa shape index (κ3) is 3.34. The standard InChI is InChI=1S/C17H17BrN2O/c18-15-8-6-14(7-9-15)17(21)20-11-10-19-16(12-20)13-4-2-1-3-5-13/h1-9,16,19H,10-12H2. The number of hydrogen-bond acceptors (Lipinski definition) is 2. The number of benzene rings is 2. The Bertz CT molecular complexity index is 612. The van der Waals surface area contributed by atoms with E-state index in [0.717, 1.165) is 23.1 Å². The molecule has 1 amide bonds. The summed E-state index contributed by atoms with van der Waals surface area (Å²) in [5, 5.41) is 3.48. The van der Waals surface area contributed by atoms with Crippen LogP contribution in [0.1, 0.15) is 22.0 Å². The molecule has 1 heterocycles. The van der Waals surface area contributed by atoms with E-state index in [9.17, 15) is 4.79 Å². The molecular formula is C17H17BrN2O. The molecule has 4 heteroatoms. The van der Waals surface area contributed by atoms with Gasteiger partial charge in [-0.2, -0.15) is 0 Å². The highest BCUT2D eigenvalue weighted by molar-refractivity contribution is 9.10. The summed E-state index contributed by atoms with van der Waals surface area (Å²) in [6.45, 7) is 2.28. The zero-order chi connectivity index (χ0) is 14.7. The van der Waals surface area contributed by atoms with Gasteiger partial charge in [-0.25, -0.2) is 0 Å². The van der Waals surface area contributed by atoms with Crippen molar-refractivity contribution in [3.8, 4) is 0 Å². The Morgan fingerprint density at radius 1 is 1.10 bits per heavy atom. The average Bonchev–Trinajstić information content (AvgIpc) is 2.56. The number of carbonyl (C=O) groups is 1. The van der Waals surface area contributed by atoms with Gasteiger partial charge in [0.2, 0.25) is 0 Å². The van der Waals surface area contributed by atoms with Crippen molar-refractivity contribution >= 4 is 21.8 Å². The second kappa shape index (κ2) is 6.41. The predicted octanol–water partition coefficient (Wildman–Crippen LogP) is 3.24. The highest BCUT2D eigenvalue weighted by atomic mass is 79.9. The molecule has 2 aromatic carbocycles. The lowest BCUT2D eigenvalue weighted by Crippen LogP contribution is -2.48. The van der Waals surface area contributed by atoms with E-state index in [0.29, 0.717) is 6.54 Å². The van der Waals surface area contributed by atoms with Crippen LogP contribution in [0.3, 0.4) is 0 Å². The number of hydrogen-bond donors (Lipinski definition) is 1. The number of nitrogens with zero attached hydrogens (tertiary/aromatic N) is 1. The SMILES string of the molecule is O=C(c1ccc(Br)cc1)N1CCNC(c2ccccc2)C1. The first-order valence-electron chi connectivity index (χ1n) is 7.07. The second-order valence-electron chi connectivity index (χ2n) is 5.18. The first kappa shape index (κ1) is 14.3. The number of piperazine rings is 1. The average molecular weight is 345 g/mol. The van der Waals surface area contributed by atoms with E-state index >= 15 is 0 Å². The van der Waals surface area contributed by atoms with E-state index in [1.165, 1.54) is 5.56 Å².